The molecule has 3 aromatic rings. The molecule has 2 fully saturated rings. The summed E-state index contributed by atoms with van der Waals surface area (Å²) in [4.78, 5) is 22.7. The third kappa shape index (κ3) is 4.04. The van der Waals surface area contributed by atoms with Crippen LogP contribution in [0.3, 0.4) is 0 Å². The topological polar surface area (TPSA) is 52.1 Å². The molecule has 4 nitrogen and oxygen atoms in total. The van der Waals surface area contributed by atoms with E-state index in [9.17, 15) is 9.18 Å². The molecule has 5 rings (SSSR count). The summed E-state index contributed by atoms with van der Waals surface area (Å²) < 4.78 is 19.2. The van der Waals surface area contributed by atoms with Gasteiger partial charge < -0.3 is 4.74 Å². The largest absolute Gasteiger partial charge is 0.493 e. The maximum absolute atomic E-state index is 13.9. The number of halogens is 1. The lowest BCUT2D eigenvalue weighted by Gasteiger charge is -2.36. The van der Waals surface area contributed by atoms with Crippen LogP contribution in [0.4, 0.5) is 4.39 Å². The summed E-state index contributed by atoms with van der Waals surface area (Å²) in [6.07, 6.45) is 7.70. The molecule has 0 N–H and O–H groups in total. The van der Waals surface area contributed by atoms with Gasteiger partial charge in [0.05, 0.1) is 6.61 Å². The van der Waals surface area contributed by atoms with Crippen LogP contribution in [0.15, 0.2) is 60.9 Å². The van der Waals surface area contributed by atoms with Crippen LogP contribution < -0.4 is 4.74 Å². The van der Waals surface area contributed by atoms with Gasteiger partial charge in [0.1, 0.15) is 11.6 Å². The molecule has 1 aromatic heterocycles. The van der Waals surface area contributed by atoms with Crippen molar-refractivity contribution in [1.82, 2.24) is 9.97 Å². The zero-order valence-corrected chi connectivity index (χ0v) is 18.2. The van der Waals surface area contributed by atoms with Gasteiger partial charge in [0, 0.05) is 29.4 Å². The number of carbonyl (C=O) groups is 1. The van der Waals surface area contributed by atoms with Gasteiger partial charge in [-0.15, -0.1) is 0 Å². The van der Waals surface area contributed by atoms with E-state index in [0.29, 0.717) is 35.9 Å². The number of aryl methyl sites for hydroxylation is 1. The second-order valence-electron chi connectivity index (χ2n) is 9.12. The summed E-state index contributed by atoms with van der Waals surface area (Å²) in [5.74, 6) is 2.30. The Morgan fingerprint density at radius 2 is 1.78 bits per heavy atom. The quantitative estimate of drug-likeness (QED) is 0.457. The van der Waals surface area contributed by atoms with Gasteiger partial charge in [-0.2, -0.15) is 0 Å². The molecule has 0 amide bonds. The van der Waals surface area contributed by atoms with Gasteiger partial charge in [-0.05, 0) is 86.8 Å². The highest BCUT2D eigenvalue weighted by atomic mass is 19.1. The standard InChI is InChI=1S/C27H27FN2O2/c1-17-3-11-23(27-29-13-2-14-30-27)24(15-17)26(31)25-18-4-5-19(22(25)12-6-18)16-32-21-9-7-20(28)8-10-21/h2-3,7-11,13-15,18-19,22,25H,4-6,12,16H2,1H3. The molecule has 164 valence electrons. The molecule has 0 radical (unpaired) electrons. The summed E-state index contributed by atoms with van der Waals surface area (Å²) >= 11 is 0. The Bertz CT molecular complexity index is 1100. The highest BCUT2D eigenvalue weighted by molar-refractivity contribution is 6.03. The minimum Gasteiger partial charge on any atom is -0.493 e. The van der Waals surface area contributed by atoms with Crippen LogP contribution in [-0.2, 0) is 0 Å². The van der Waals surface area contributed by atoms with E-state index in [0.717, 1.165) is 42.4 Å². The number of ether oxygens (including phenoxy) is 1. The first kappa shape index (κ1) is 20.8. The van der Waals surface area contributed by atoms with Gasteiger partial charge in [-0.25, -0.2) is 14.4 Å². The van der Waals surface area contributed by atoms with Gasteiger partial charge in [-0.3, -0.25) is 4.79 Å². The Kier molecular flexibility index (Phi) is 5.73. The van der Waals surface area contributed by atoms with Crippen molar-refractivity contribution in [2.24, 2.45) is 23.7 Å². The Morgan fingerprint density at radius 1 is 1.03 bits per heavy atom. The molecule has 2 aliphatic carbocycles. The lowest BCUT2D eigenvalue weighted by molar-refractivity contribution is 0.0658. The zero-order chi connectivity index (χ0) is 22.1. The zero-order valence-electron chi connectivity index (χ0n) is 18.2. The van der Waals surface area contributed by atoms with Crippen molar-refractivity contribution in [1.29, 1.82) is 0 Å². The molecule has 1 heterocycles. The van der Waals surface area contributed by atoms with Crippen molar-refractivity contribution in [3.63, 3.8) is 0 Å². The van der Waals surface area contributed by atoms with Crippen LogP contribution in [0.1, 0.15) is 41.6 Å². The number of hydrogen-bond acceptors (Lipinski definition) is 4. The fourth-order valence-electron chi connectivity index (χ4n) is 5.63. The Hall–Kier alpha value is -3.08. The van der Waals surface area contributed by atoms with Crippen LogP contribution in [0.25, 0.3) is 11.4 Å². The van der Waals surface area contributed by atoms with E-state index in [1.54, 1.807) is 30.6 Å². The number of Topliss-reactive ketones (excluding diaryl/α,β-unsaturated/α-hetero) is 1. The monoisotopic (exact) mass is 430 g/mol. The van der Waals surface area contributed by atoms with Gasteiger partial charge in [0.25, 0.3) is 0 Å². The van der Waals surface area contributed by atoms with Crippen LogP contribution in [-0.4, -0.2) is 22.4 Å². The van der Waals surface area contributed by atoms with E-state index >= 15 is 0 Å². The second kappa shape index (κ2) is 8.81. The summed E-state index contributed by atoms with van der Waals surface area (Å²) in [5, 5.41) is 0. The van der Waals surface area contributed by atoms with E-state index in [-0.39, 0.29) is 17.5 Å². The number of nitrogens with zero attached hydrogens (tertiary/aromatic N) is 2. The van der Waals surface area contributed by atoms with E-state index in [1.807, 2.05) is 25.1 Å². The maximum Gasteiger partial charge on any atom is 0.167 e. The van der Waals surface area contributed by atoms with E-state index in [2.05, 4.69) is 9.97 Å². The number of carbonyl (C=O) groups excluding carboxylic acids is 1. The Morgan fingerprint density at radius 3 is 2.56 bits per heavy atom. The van der Waals surface area contributed by atoms with Crippen molar-refractivity contribution in [2.75, 3.05) is 6.61 Å². The van der Waals surface area contributed by atoms with E-state index in [1.165, 1.54) is 12.1 Å². The summed E-state index contributed by atoms with van der Waals surface area (Å²) in [7, 11) is 0. The predicted molar refractivity (Wildman–Crippen MR) is 121 cm³/mol. The maximum atomic E-state index is 13.9. The molecule has 0 aliphatic heterocycles. The third-order valence-corrected chi connectivity index (χ3v) is 7.18. The summed E-state index contributed by atoms with van der Waals surface area (Å²) in [5.41, 5.74) is 2.61. The van der Waals surface area contributed by atoms with Crippen LogP contribution >= 0.6 is 0 Å². The normalized spacial score (nSPS) is 24.3. The van der Waals surface area contributed by atoms with E-state index in [4.69, 9.17) is 4.74 Å². The molecule has 0 saturated heterocycles. The first-order chi connectivity index (χ1) is 15.6. The van der Waals surface area contributed by atoms with Crippen molar-refractivity contribution in [2.45, 2.75) is 32.6 Å². The third-order valence-electron chi connectivity index (χ3n) is 7.18. The van der Waals surface area contributed by atoms with Gasteiger partial charge >= 0.3 is 0 Å². The van der Waals surface area contributed by atoms with Crippen molar-refractivity contribution in [3.05, 3.63) is 77.9 Å². The average Bonchev–Trinajstić information content (AvgIpc) is 3.13. The van der Waals surface area contributed by atoms with Gasteiger partial charge in [0.15, 0.2) is 11.6 Å². The predicted octanol–water partition coefficient (Wildman–Crippen LogP) is 5.91. The smallest absolute Gasteiger partial charge is 0.167 e. The number of hydrogen-bond donors (Lipinski definition) is 0. The first-order valence-corrected chi connectivity index (χ1v) is 11.4. The molecule has 4 unspecified atom stereocenters. The lowest BCUT2D eigenvalue weighted by atomic mass is 9.69. The molecule has 2 aromatic carbocycles. The van der Waals surface area contributed by atoms with Crippen LogP contribution in [0.5, 0.6) is 5.75 Å². The van der Waals surface area contributed by atoms with Gasteiger partial charge in [0.2, 0.25) is 0 Å². The van der Waals surface area contributed by atoms with Crippen molar-refractivity contribution in [3.8, 4) is 17.1 Å². The Labute approximate surface area is 187 Å². The summed E-state index contributed by atoms with van der Waals surface area (Å²) in [6.45, 7) is 2.58. The molecule has 5 heteroatoms. The molecule has 32 heavy (non-hydrogen) atoms. The second-order valence-corrected chi connectivity index (χ2v) is 9.12. The van der Waals surface area contributed by atoms with Gasteiger partial charge in [-0.1, -0.05) is 17.7 Å². The fraction of sp³-hybridized carbons (Fsp3) is 0.370. The average molecular weight is 431 g/mol. The number of fused-ring (bicyclic) bond motifs is 2. The molecular weight excluding hydrogens is 403 g/mol. The highest BCUT2D eigenvalue weighted by Crippen LogP contribution is 2.51. The fourth-order valence-corrected chi connectivity index (χ4v) is 5.63. The minimum atomic E-state index is -0.268. The van der Waals surface area contributed by atoms with E-state index < -0.39 is 0 Å². The number of aromatic nitrogens is 2. The Balaban J connectivity index is 1.39. The van der Waals surface area contributed by atoms with Crippen LogP contribution in [0.2, 0.25) is 0 Å². The molecule has 2 saturated carbocycles. The van der Waals surface area contributed by atoms with Crippen molar-refractivity contribution < 1.29 is 13.9 Å². The number of ketones is 1. The minimum absolute atomic E-state index is 0.00910. The first-order valence-electron chi connectivity index (χ1n) is 11.4. The molecule has 2 aliphatic rings. The SMILES string of the molecule is Cc1ccc(-c2ncccn2)c(C(=O)C2C3CCC(COc4ccc(F)cc4)C2CC3)c1. The molecule has 0 spiro atoms. The van der Waals surface area contributed by atoms with Crippen molar-refractivity contribution >= 4 is 5.78 Å². The number of benzene rings is 2. The molecular formula is C27H27FN2O2. The van der Waals surface area contributed by atoms with Crippen LogP contribution in [0, 0.1) is 36.4 Å². The lowest BCUT2D eigenvalue weighted by Crippen LogP contribution is -2.36. The molecule has 2 bridgehead atoms. The highest BCUT2D eigenvalue weighted by Gasteiger charge is 2.48. The summed E-state index contributed by atoms with van der Waals surface area (Å²) in [6, 6.07) is 13.9. The molecule has 4 atom stereocenters. The number of rotatable bonds is 6.